The van der Waals surface area contributed by atoms with E-state index in [0.717, 1.165) is 11.3 Å². The van der Waals surface area contributed by atoms with Crippen molar-refractivity contribution in [1.29, 1.82) is 0 Å². The van der Waals surface area contributed by atoms with Crippen molar-refractivity contribution in [2.45, 2.75) is 25.4 Å². The van der Waals surface area contributed by atoms with Gasteiger partial charge in [0.15, 0.2) is 0 Å². The molecule has 1 heterocycles. The Hall–Kier alpha value is -0.250. The minimum atomic E-state index is -0.262. The maximum absolute atomic E-state index is 13.1. The van der Waals surface area contributed by atoms with Crippen LogP contribution < -0.4 is 5.32 Å². The molecule has 0 radical (unpaired) electrons. The van der Waals surface area contributed by atoms with Gasteiger partial charge in [-0.05, 0) is 42.4 Å². The number of benzene rings is 1. The standard InChI is InChI=1S/C12H15ClFNS/c13-10-4-9(5-11(14)6-10)7-15-12-2-1-3-16-8-12/h4-6,12,15H,1-3,7-8H2. The van der Waals surface area contributed by atoms with Crippen LogP contribution in [0.25, 0.3) is 0 Å². The van der Waals surface area contributed by atoms with Gasteiger partial charge in [0.1, 0.15) is 5.82 Å². The molecule has 0 spiro atoms. The van der Waals surface area contributed by atoms with E-state index in [4.69, 9.17) is 11.6 Å². The number of hydrogen-bond acceptors (Lipinski definition) is 2. The first-order chi connectivity index (χ1) is 7.74. The van der Waals surface area contributed by atoms with Crippen LogP contribution in [0.1, 0.15) is 18.4 Å². The fourth-order valence-corrected chi connectivity index (χ4v) is 3.23. The van der Waals surface area contributed by atoms with E-state index in [1.165, 1.54) is 30.7 Å². The summed E-state index contributed by atoms with van der Waals surface area (Å²) in [5.74, 6) is 2.16. The first-order valence-electron chi connectivity index (χ1n) is 5.50. The van der Waals surface area contributed by atoms with Crippen LogP contribution in [0, 0.1) is 5.82 Å². The van der Waals surface area contributed by atoms with Gasteiger partial charge < -0.3 is 5.32 Å². The molecule has 0 bridgehead atoms. The first kappa shape index (κ1) is 12.2. The van der Waals surface area contributed by atoms with Crippen LogP contribution in [-0.4, -0.2) is 17.5 Å². The zero-order chi connectivity index (χ0) is 11.4. The predicted octanol–water partition coefficient (Wildman–Crippen LogP) is 3.46. The second-order valence-electron chi connectivity index (χ2n) is 4.07. The normalized spacial score (nSPS) is 21.0. The molecule has 1 fully saturated rings. The lowest BCUT2D eigenvalue weighted by atomic mass is 10.1. The van der Waals surface area contributed by atoms with Gasteiger partial charge >= 0.3 is 0 Å². The molecule has 0 amide bonds. The summed E-state index contributed by atoms with van der Waals surface area (Å²) < 4.78 is 13.1. The molecule has 1 N–H and O–H groups in total. The van der Waals surface area contributed by atoms with Gasteiger partial charge in [0, 0.05) is 23.4 Å². The third-order valence-corrected chi connectivity index (χ3v) is 4.11. The van der Waals surface area contributed by atoms with Crippen molar-refractivity contribution in [3.05, 3.63) is 34.6 Å². The van der Waals surface area contributed by atoms with Gasteiger partial charge in [0.2, 0.25) is 0 Å². The maximum atomic E-state index is 13.1. The lowest BCUT2D eigenvalue weighted by Gasteiger charge is -2.22. The highest BCUT2D eigenvalue weighted by atomic mass is 35.5. The molecular formula is C12H15ClFNS. The maximum Gasteiger partial charge on any atom is 0.125 e. The number of halogens is 2. The van der Waals surface area contributed by atoms with Crippen molar-refractivity contribution in [3.8, 4) is 0 Å². The Morgan fingerprint density at radius 1 is 1.44 bits per heavy atom. The van der Waals surface area contributed by atoms with Crippen LogP contribution in [0.4, 0.5) is 4.39 Å². The number of thioether (sulfide) groups is 1. The molecule has 1 nitrogen and oxygen atoms in total. The number of hydrogen-bond donors (Lipinski definition) is 1. The lowest BCUT2D eigenvalue weighted by molar-refractivity contribution is 0.506. The Kier molecular flexibility index (Phi) is 4.50. The van der Waals surface area contributed by atoms with Crippen LogP contribution in [-0.2, 0) is 6.54 Å². The number of nitrogens with one attached hydrogen (secondary N) is 1. The summed E-state index contributed by atoms with van der Waals surface area (Å²) in [6.45, 7) is 0.697. The topological polar surface area (TPSA) is 12.0 Å². The van der Waals surface area contributed by atoms with Gasteiger partial charge in [-0.3, -0.25) is 0 Å². The van der Waals surface area contributed by atoms with Crippen molar-refractivity contribution < 1.29 is 4.39 Å². The van der Waals surface area contributed by atoms with Crippen LogP contribution in [0.2, 0.25) is 5.02 Å². The molecule has 16 heavy (non-hydrogen) atoms. The SMILES string of the molecule is Fc1cc(Cl)cc(CNC2CCCSC2)c1. The van der Waals surface area contributed by atoms with Crippen LogP contribution in [0.15, 0.2) is 18.2 Å². The molecule has 1 aliphatic rings. The van der Waals surface area contributed by atoms with E-state index in [-0.39, 0.29) is 5.82 Å². The van der Waals surface area contributed by atoms with Crippen LogP contribution in [0.5, 0.6) is 0 Å². The summed E-state index contributed by atoms with van der Waals surface area (Å²) in [7, 11) is 0. The summed E-state index contributed by atoms with van der Waals surface area (Å²) in [6.07, 6.45) is 2.49. The molecule has 1 saturated heterocycles. The van der Waals surface area contributed by atoms with E-state index in [2.05, 4.69) is 5.32 Å². The second-order valence-corrected chi connectivity index (χ2v) is 5.66. The van der Waals surface area contributed by atoms with Crippen molar-refractivity contribution >= 4 is 23.4 Å². The highest BCUT2D eigenvalue weighted by molar-refractivity contribution is 7.99. The molecule has 2 rings (SSSR count). The quantitative estimate of drug-likeness (QED) is 0.892. The molecule has 1 atom stereocenters. The summed E-state index contributed by atoms with van der Waals surface area (Å²) in [6, 6.07) is 5.24. The molecule has 0 aromatic heterocycles. The monoisotopic (exact) mass is 259 g/mol. The van der Waals surface area contributed by atoms with Gasteiger partial charge in [-0.15, -0.1) is 0 Å². The summed E-state index contributed by atoms with van der Waals surface area (Å²) in [4.78, 5) is 0. The van der Waals surface area contributed by atoms with E-state index in [9.17, 15) is 4.39 Å². The molecule has 88 valence electrons. The zero-order valence-electron chi connectivity index (χ0n) is 9.01. The van der Waals surface area contributed by atoms with Gasteiger partial charge in [-0.1, -0.05) is 11.6 Å². The predicted molar refractivity (Wildman–Crippen MR) is 68.6 cm³/mol. The number of rotatable bonds is 3. The molecule has 1 aliphatic heterocycles. The highest BCUT2D eigenvalue weighted by Gasteiger charge is 2.12. The average Bonchev–Trinajstić information content (AvgIpc) is 2.27. The van der Waals surface area contributed by atoms with Gasteiger partial charge in [0.25, 0.3) is 0 Å². The molecule has 1 aromatic carbocycles. The highest BCUT2D eigenvalue weighted by Crippen LogP contribution is 2.18. The third-order valence-electron chi connectivity index (χ3n) is 2.68. The minimum absolute atomic E-state index is 0.262. The summed E-state index contributed by atoms with van der Waals surface area (Å²) in [5.41, 5.74) is 0.917. The van der Waals surface area contributed by atoms with Gasteiger partial charge in [-0.25, -0.2) is 4.39 Å². The lowest BCUT2D eigenvalue weighted by Crippen LogP contribution is -2.33. The van der Waals surface area contributed by atoms with E-state index in [1.807, 2.05) is 17.8 Å². The Labute approximate surface area is 105 Å². The van der Waals surface area contributed by atoms with Crippen LogP contribution >= 0.6 is 23.4 Å². The van der Waals surface area contributed by atoms with Crippen molar-refractivity contribution in [2.75, 3.05) is 11.5 Å². The Morgan fingerprint density at radius 3 is 3.00 bits per heavy atom. The largest absolute Gasteiger partial charge is 0.309 e. The second kappa shape index (κ2) is 5.89. The third kappa shape index (κ3) is 3.65. The Balaban J connectivity index is 1.88. The fraction of sp³-hybridized carbons (Fsp3) is 0.500. The summed E-state index contributed by atoms with van der Waals surface area (Å²) in [5, 5.41) is 3.91. The summed E-state index contributed by atoms with van der Waals surface area (Å²) >= 11 is 7.78. The molecule has 1 unspecified atom stereocenters. The van der Waals surface area contributed by atoms with Crippen molar-refractivity contribution in [1.82, 2.24) is 5.32 Å². The minimum Gasteiger partial charge on any atom is -0.309 e. The van der Waals surface area contributed by atoms with E-state index < -0.39 is 0 Å². The Bertz CT molecular complexity index is 333. The van der Waals surface area contributed by atoms with E-state index in [1.54, 1.807) is 0 Å². The van der Waals surface area contributed by atoms with Crippen molar-refractivity contribution in [3.63, 3.8) is 0 Å². The fourth-order valence-electron chi connectivity index (χ4n) is 1.88. The van der Waals surface area contributed by atoms with Gasteiger partial charge in [-0.2, -0.15) is 11.8 Å². The van der Waals surface area contributed by atoms with Crippen molar-refractivity contribution in [2.24, 2.45) is 0 Å². The molecule has 0 aliphatic carbocycles. The first-order valence-corrected chi connectivity index (χ1v) is 7.03. The smallest absolute Gasteiger partial charge is 0.125 e. The zero-order valence-corrected chi connectivity index (χ0v) is 10.6. The van der Waals surface area contributed by atoms with Crippen LogP contribution in [0.3, 0.4) is 0 Å². The van der Waals surface area contributed by atoms with E-state index in [0.29, 0.717) is 17.6 Å². The van der Waals surface area contributed by atoms with Gasteiger partial charge in [0.05, 0.1) is 0 Å². The average molecular weight is 260 g/mol. The van der Waals surface area contributed by atoms with E-state index >= 15 is 0 Å². The Morgan fingerprint density at radius 2 is 2.31 bits per heavy atom. The molecule has 1 aromatic rings. The molecule has 0 saturated carbocycles. The molecule has 4 heteroatoms. The molecular weight excluding hydrogens is 245 g/mol.